The fraction of sp³-hybridized carbons (Fsp3) is 0.333. The molecule has 262 valence electrons. The van der Waals surface area contributed by atoms with Crippen LogP contribution in [0.25, 0.3) is 0 Å². The summed E-state index contributed by atoms with van der Waals surface area (Å²) in [6.45, 7) is 1.72. The molecule has 2 heterocycles. The summed E-state index contributed by atoms with van der Waals surface area (Å²) in [5.74, 6) is -6.56. The zero-order valence-corrected chi connectivity index (χ0v) is 28.0. The minimum Gasteiger partial charge on any atom is -0.508 e. The Kier molecular flexibility index (Phi) is 7.69. The number of fused-ring (bicyclic) bond motifs is 4. The van der Waals surface area contributed by atoms with Gasteiger partial charge in [-0.3, -0.25) is 39.4 Å². The van der Waals surface area contributed by atoms with Gasteiger partial charge in [0.1, 0.15) is 11.5 Å². The smallest absolute Gasteiger partial charge is 0.301 e. The molecule has 3 aromatic rings. The van der Waals surface area contributed by atoms with E-state index in [-0.39, 0.29) is 35.7 Å². The Bertz CT molecular complexity index is 2060. The van der Waals surface area contributed by atoms with Crippen LogP contribution in [0.4, 0.5) is 28.4 Å². The Balaban J connectivity index is 1.38. The lowest BCUT2D eigenvalue weighted by molar-refractivity contribution is -0.392. The molecule has 51 heavy (non-hydrogen) atoms. The highest BCUT2D eigenvalue weighted by Gasteiger charge is 2.68. The van der Waals surface area contributed by atoms with Gasteiger partial charge in [0.15, 0.2) is 5.69 Å². The molecule has 6 atom stereocenters. The van der Waals surface area contributed by atoms with Crippen molar-refractivity contribution in [2.45, 2.75) is 25.7 Å². The fourth-order valence-corrected chi connectivity index (χ4v) is 8.83. The van der Waals surface area contributed by atoms with Gasteiger partial charge in [-0.1, -0.05) is 35.9 Å². The second-order valence-corrected chi connectivity index (χ2v) is 13.7. The number of anilines is 3. The van der Waals surface area contributed by atoms with Crippen LogP contribution in [0.2, 0.25) is 0 Å². The summed E-state index contributed by atoms with van der Waals surface area (Å²) in [5.41, 5.74) is -1.71. The standard InChI is InChI=1S/C36H33N5O10/c1-36-25(33(44)39(35(36)46)18-8-6-5-7-9-18)17-24-21(30(36)22-11-10-20(42)16-28(22)51-4)12-13-23-29(24)34(45)38(32(23)43)19-14-26(40(47)48)31(37(2)3)27(15-19)41(49)50/h5-12,14-16,23-25,29-30,42H,13,17H2,1-4H3. The van der Waals surface area contributed by atoms with Crippen LogP contribution in [0.3, 0.4) is 0 Å². The molecule has 4 amide bonds. The van der Waals surface area contributed by atoms with Crippen LogP contribution in [0.15, 0.2) is 72.3 Å². The molecule has 0 aromatic heterocycles. The normalized spacial score (nSPS) is 26.7. The predicted molar refractivity (Wildman–Crippen MR) is 182 cm³/mol. The number of nitro groups is 2. The number of carbonyl (C=O) groups is 4. The molecule has 1 N–H and O–H groups in total. The van der Waals surface area contributed by atoms with Gasteiger partial charge in [-0.05, 0) is 43.9 Å². The maximum absolute atomic E-state index is 14.6. The van der Waals surface area contributed by atoms with Gasteiger partial charge in [-0.25, -0.2) is 9.80 Å². The number of benzene rings is 3. The van der Waals surface area contributed by atoms with Crippen LogP contribution >= 0.6 is 0 Å². The van der Waals surface area contributed by atoms with Gasteiger partial charge in [0, 0.05) is 43.8 Å². The number of amides is 4. The third kappa shape index (κ3) is 4.71. The lowest BCUT2D eigenvalue weighted by Gasteiger charge is -2.49. The monoisotopic (exact) mass is 695 g/mol. The molecular weight excluding hydrogens is 662 g/mol. The summed E-state index contributed by atoms with van der Waals surface area (Å²) in [5, 5.41) is 34.5. The minimum absolute atomic E-state index is 0.0427. The molecule has 2 aliphatic carbocycles. The Morgan fingerprint density at radius 2 is 1.51 bits per heavy atom. The number of nitrogens with zero attached hydrogens (tertiary/aromatic N) is 5. The van der Waals surface area contributed by atoms with Crippen LogP contribution in [0, 0.1) is 49.3 Å². The molecule has 1 saturated carbocycles. The molecule has 0 spiro atoms. The van der Waals surface area contributed by atoms with E-state index < -0.39 is 79.9 Å². The highest BCUT2D eigenvalue weighted by atomic mass is 16.6. The van der Waals surface area contributed by atoms with Crippen molar-refractivity contribution < 1.29 is 38.9 Å². The van der Waals surface area contributed by atoms with E-state index in [1.807, 2.05) is 6.08 Å². The maximum atomic E-state index is 14.6. The number of allylic oxidation sites excluding steroid dienone is 2. The SMILES string of the molecule is COc1cc(O)ccc1C1C2=CCC3C(=O)N(c4cc([N+](=O)[O-])c(N(C)C)c([N+](=O)[O-])c4)C(=O)C3C2CC2C(=O)N(c3ccccc3)C(=O)C21C. The van der Waals surface area contributed by atoms with Gasteiger partial charge in [0.2, 0.25) is 23.6 Å². The van der Waals surface area contributed by atoms with Crippen LogP contribution < -0.4 is 19.4 Å². The van der Waals surface area contributed by atoms with Gasteiger partial charge in [0.25, 0.3) is 0 Å². The number of aromatic hydroxyl groups is 1. The fourth-order valence-electron chi connectivity index (χ4n) is 8.83. The highest BCUT2D eigenvalue weighted by Crippen LogP contribution is 2.64. The first-order valence-corrected chi connectivity index (χ1v) is 16.2. The topological polar surface area (TPSA) is 194 Å². The van der Waals surface area contributed by atoms with Crippen molar-refractivity contribution in [3.63, 3.8) is 0 Å². The summed E-state index contributed by atoms with van der Waals surface area (Å²) in [4.78, 5) is 83.3. The number of hydrogen-bond acceptors (Lipinski definition) is 11. The van der Waals surface area contributed by atoms with Crippen molar-refractivity contribution in [2.75, 3.05) is 35.9 Å². The van der Waals surface area contributed by atoms with E-state index in [1.165, 1.54) is 43.1 Å². The van der Waals surface area contributed by atoms with Gasteiger partial charge in [-0.15, -0.1) is 0 Å². The first-order chi connectivity index (χ1) is 24.2. The number of rotatable bonds is 7. The second-order valence-electron chi connectivity index (χ2n) is 13.7. The van der Waals surface area contributed by atoms with Crippen LogP contribution in [-0.2, 0) is 19.2 Å². The molecule has 6 unspecified atom stereocenters. The van der Waals surface area contributed by atoms with Crippen molar-refractivity contribution in [3.8, 4) is 11.5 Å². The number of hydrogen-bond donors (Lipinski definition) is 1. The average molecular weight is 696 g/mol. The summed E-state index contributed by atoms with van der Waals surface area (Å²) in [7, 11) is 4.24. The van der Waals surface area contributed by atoms with E-state index >= 15 is 0 Å². The third-order valence-electron chi connectivity index (χ3n) is 11.0. The number of phenols is 1. The van der Waals surface area contributed by atoms with Crippen molar-refractivity contribution in [2.24, 2.45) is 29.1 Å². The first-order valence-electron chi connectivity index (χ1n) is 16.2. The van der Waals surface area contributed by atoms with Crippen LogP contribution in [0.1, 0.15) is 31.2 Å². The van der Waals surface area contributed by atoms with E-state index in [0.717, 1.165) is 17.0 Å². The van der Waals surface area contributed by atoms with Crippen molar-refractivity contribution in [1.29, 1.82) is 0 Å². The molecule has 15 heteroatoms. The van der Waals surface area contributed by atoms with Crippen molar-refractivity contribution >= 4 is 52.1 Å². The predicted octanol–water partition coefficient (Wildman–Crippen LogP) is 4.72. The van der Waals surface area contributed by atoms with Crippen molar-refractivity contribution in [3.05, 3.63) is 98.1 Å². The molecule has 3 aromatic carbocycles. The third-order valence-corrected chi connectivity index (χ3v) is 11.0. The Morgan fingerprint density at radius 1 is 0.863 bits per heavy atom. The largest absolute Gasteiger partial charge is 0.508 e. The Morgan fingerprint density at radius 3 is 2.10 bits per heavy atom. The molecule has 7 rings (SSSR count). The molecule has 0 radical (unpaired) electrons. The molecule has 2 aliphatic heterocycles. The Labute approximate surface area is 291 Å². The minimum atomic E-state index is -1.36. The van der Waals surface area contributed by atoms with Gasteiger partial charge >= 0.3 is 11.4 Å². The summed E-state index contributed by atoms with van der Waals surface area (Å²) in [6, 6.07) is 15.0. The number of ether oxygens (including phenoxy) is 1. The lowest BCUT2D eigenvalue weighted by atomic mass is 9.51. The molecule has 2 saturated heterocycles. The van der Waals surface area contributed by atoms with E-state index in [9.17, 15) is 44.5 Å². The van der Waals surface area contributed by atoms with E-state index in [4.69, 9.17) is 4.74 Å². The van der Waals surface area contributed by atoms with Crippen LogP contribution in [-0.4, -0.2) is 59.8 Å². The quantitative estimate of drug-likeness (QED) is 0.156. The first kappa shape index (κ1) is 33.4. The average Bonchev–Trinajstić information content (AvgIpc) is 3.47. The summed E-state index contributed by atoms with van der Waals surface area (Å²) < 4.78 is 5.67. The molecule has 15 nitrogen and oxygen atoms in total. The summed E-state index contributed by atoms with van der Waals surface area (Å²) >= 11 is 0. The zero-order chi connectivity index (χ0) is 36.7. The summed E-state index contributed by atoms with van der Waals surface area (Å²) in [6.07, 6.45) is 1.93. The molecule has 3 fully saturated rings. The molecule has 0 bridgehead atoms. The van der Waals surface area contributed by atoms with E-state index in [2.05, 4.69) is 0 Å². The number of imide groups is 2. The lowest BCUT2D eigenvalue weighted by Crippen LogP contribution is -2.49. The van der Waals surface area contributed by atoms with Gasteiger partial charge in [-0.2, -0.15) is 0 Å². The zero-order valence-electron chi connectivity index (χ0n) is 28.0. The number of carbonyl (C=O) groups excluding carboxylic acids is 4. The maximum Gasteiger partial charge on any atom is 0.301 e. The number of methoxy groups -OCH3 is 1. The van der Waals surface area contributed by atoms with E-state index in [0.29, 0.717) is 16.8 Å². The molecular formula is C36H33N5O10. The van der Waals surface area contributed by atoms with Gasteiger partial charge in [0.05, 0.1) is 51.5 Å². The van der Waals surface area contributed by atoms with Gasteiger partial charge < -0.3 is 14.7 Å². The Hall–Kier alpha value is -6.12. The number of phenolic OH excluding ortho intramolecular Hbond substituents is 1. The highest BCUT2D eigenvalue weighted by molar-refractivity contribution is 6.25. The second kappa shape index (κ2) is 11.7. The number of para-hydroxylation sites is 1. The van der Waals surface area contributed by atoms with E-state index in [1.54, 1.807) is 43.3 Å². The van der Waals surface area contributed by atoms with Crippen molar-refractivity contribution in [1.82, 2.24) is 0 Å². The van der Waals surface area contributed by atoms with Crippen LogP contribution in [0.5, 0.6) is 11.5 Å². The molecule has 4 aliphatic rings. The number of nitro benzene ring substituents is 2.